The van der Waals surface area contributed by atoms with Gasteiger partial charge in [0.05, 0.1) is 0 Å². The Labute approximate surface area is 148 Å². The van der Waals surface area contributed by atoms with Gasteiger partial charge in [-0.15, -0.1) is 0 Å². The van der Waals surface area contributed by atoms with Crippen molar-refractivity contribution in [2.75, 3.05) is 26.2 Å². The van der Waals surface area contributed by atoms with E-state index in [1.54, 1.807) is 0 Å². The summed E-state index contributed by atoms with van der Waals surface area (Å²) in [5.41, 5.74) is 0.168. The molecule has 0 saturated carbocycles. The molecule has 0 radical (unpaired) electrons. The van der Waals surface area contributed by atoms with Gasteiger partial charge in [0.15, 0.2) is 0 Å². The Balaban J connectivity index is 1.76. The first-order chi connectivity index (χ1) is 11.1. The minimum atomic E-state index is -0.118. The van der Waals surface area contributed by atoms with Crippen LogP contribution in [0.1, 0.15) is 73.1 Å². The van der Waals surface area contributed by atoms with Crippen LogP contribution in [0.15, 0.2) is 0 Å². The topological polar surface area (TPSA) is 40.6 Å². The average molecular weight is 337 g/mol. The zero-order valence-electron chi connectivity index (χ0n) is 16.4. The molecule has 2 aliphatic heterocycles. The summed E-state index contributed by atoms with van der Waals surface area (Å²) in [5, 5.41) is 0. The van der Waals surface area contributed by atoms with Crippen molar-refractivity contribution in [2.45, 2.75) is 73.1 Å². The number of amides is 2. The first-order valence-corrected chi connectivity index (χ1v) is 9.68. The summed E-state index contributed by atoms with van der Waals surface area (Å²) in [6.45, 7) is 15.3. The van der Waals surface area contributed by atoms with Gasteiger partial charge in [0.25, 0.3) is 0 Å². The normalized spacial score (nSPS) is 23.0. The van der Waals surface area contributed by atoms with Crippen molar-refractivity contribution in [1.82, 2.24) is 9.80 Å². The molecule has 2 saturated heterocycles. The standard InChI is InChI=1S/C20H36N2O2/c1-19(2,3)20(4,5)15-16-14-17(23)22(18(16)24)13-8-6-7-10-21-11-9-12-21/h16H,6-15H2,1-5H3. The Morgan fingerprint density at radius 1 is 0.958 bits per heavy atom. The summed E-state index contributed by atoms with van der Waals surface area (Å²) in [4.78, 5) is 28.9. The highest BCUT2D eigenvalue weighted by molar-refractivity contribution is 6.03. The van der Waals surface area contributed by atoms with Crippen molar-refractivity contribution in [2.24, 2.45) is 16.7 Å². The number of carbonyl (C=O) groups is 2. The number of hydrogen-bond donors (Lipinski definition) is 0. The SMILES string of the molecule is CC(C)(C)C(C)(C)CC1CC(=O)N(CCCCCN2CCC2)C1=O. The maximum absolute atomic E-state index is 12.6. The molecule has 0 aromatic rings. The van der Waals surface area contributed by atoms with Crippen molar-refractivity contribution < 1.29 is 9.59 Å². The first kappa shape index (κ1) is 19.4. The molecule has 2 rings (SSSR count). The molecule has 0 aromatic heterocycles. The molecule has 0 bridgehead atoms. The van der Waals surface area contributed by atoms with Crippen LogP contribution >= 0.6 is 0 Å². The predicted molar refractivity (Wildman–Crippen MR) is 97.6 cm³/mol. The molecule has 0 spiro atoms. The highest BCUT2D eigenvalue weighted by Crippen LogP contribution is 2.44. The van der Waals surface area contributed by atoms with Crippen LogP contribution in [-0.4, -0.2) is 47.8 Å². The molecule has 24 heavy (non-hydrogen) atoms. The van der Waals surface area contributed by atoms with Gasteiger partial charge in [-0.2, -0.15) is 0 Å². The third kappa shape index (κ3) is 4.59. The molecule has 0 aromatic carbocycles. The molecule has 1 unspecified atom stereocenters. The van der Waals surface area contributed by atoms with Crippen molar-refractivity contribution in [3.05, 3.63) is 0 Å². The van der Waals surface area contributed by atoms with Gasteiger partial charge in [0.1, 0.15) is 0 Å². The zero-order chi connectivity index (χ0) is 18.0. The smallest absolute Gasteiger partial charge is 0.232 e. The van der Waals surface area contributed by atoms with E-state index >= 15 is 0 Å². The van der Waals surface area contributed by atoms with Gasteiger partial charge in [-0.1, -0.05) is 41.0 Å². The maximum atomic E-state index is 12.6. The van der Waals surface area contributed by atoms with Crippen LogP contribution in [0, 0.1) is 16.7 Å². The van der Waals surface area contributed by atoms with E-state index in [2.05, 4.69) is 39.5 Å². The number of hydrogen-bond acceptors (Lipinski definition) is 3. The van der Waals surface area contributed by atoms with E-state index < -0.39 is 0 Å². The van der Waals surface area contributed by atoms with E-state index in [1.807, 2.05) is 0 Å². The molecule has 2 heterocycles. The highest BCUT2D eigenvalue weighted by atomic mass is 16.2. The lowest BCUT2D eigenvalue weighted by Crippen LogP contribution is -2.37. The third-order valence-corrected chi connectivity index (χ3v) is 6.43. The molecule has 4 heteroatoms. The Morgan fingerprint density at radius 3 is 2.12 bits per heavy atom. The Kier molecular flexibility index (Phi) is 6.11. The lowest BCUT2D eigenvalue weighted by Gasteiger charge is -2.40. The molecule has 2 fully saturated rings. The first-order valence-electron chi connectivity index (χ1n) is 9.68. The van der Waals surface area contributed by atoms with E-state index in [0.717, 1.165) is 19.3 Å². The van der Waals surface area contributed by atoms with Crippen LogP contribution in [0.2, 0.25) is 0 Å². The van der Waals surface area contributed by atoms with Gasteiger partial charge in [-0.3, -0.25) is 14.5 Å². The number of rotatable bonds is 8. The van der Waals surface area contributed by atoms with Crippen molar-refractivity contribution >= 4 is 11.8 Å². The molecule has 4 nitrogen and oxygen atoms in total. The molecule has 2 amide bonds. The van der Waals surface area contributed by atoms with Crippen molar-refractivity contribution in [3.63, 3.8) is 0 Å². The maximum Gasteiger partial charge on any atom is 0.232 e. The van der Waals surface area contributed by atoms with Crippen LogP contribution in [-0.2, 0) is 9.59 Å². The second-order valence-corrected chi connectivity index (χ2v) is 9.38. The zero-order valence-corrected chi connectivity index (χ0v) is 16.4. The molecular weight excluding hydrogens is 300 g/mol. The number of carbonyl (C=O) groups excluding carboxylic acids is 2. The molecule has 1 atom stereocenters. The number of likely N-dealkylation sites (tertiary alicyclic amines) is 2. The minimum absolute atomic E-state index is 0.0393. The summed E-state index contributed by atoms with van der Waals surface area (Å²) in [7, 11) is 0. The van der Waals surface area contributed by atoms with Crippen molar-refractivity contribution in [3.8, 4) is 0 Å². The van der Waals surface area contributed by atoms with E-state index in [9.17, 15) is 9.59 Å². The summed E-state index contributed by atoms with van der Waals surface area (Å²) in [6.07, 6.45) is 5.77. The van der Waals surface area contributed by atoms with Crippen LogP contribution in [0.25, 0.3) is 0 Å². The second kappa shape index (κ2) is 7.55. The summed E-state index contributed by atoms with van der Waals surface area (Å²) >= 11 is 0. The van der Waals surface area contributed by atoms with Gasteiger partial charge in [0, 0.05) is 18.9 Å². The summed E-state index contributed by atoms with van der Waals surface area (Å²) < 4.78 is 0. The number of unbranched alkanes of at least 4 members (excludes halogenated alkanes) is 2. The monoisotopic (exact) mass is 336 g/mol. The van der Waals surface area contributed by atoms with Crippen LogP contribution in [0.4, 0.5) is 0 Å². The fourth-order valence-corrected chi connectivity index (χ4v) is 3.46. The quantitative estimate of drug-likeness (QED) is 0.501. The lowest BCUT2D eigenvalue weighted by molar-refractivity contribution is -0.139. The van der Waals surface area contributed by atoms with Gasteiger partial charge in [0.2, 0.25) is 11.8 Å². The van der Waals surface area contributed by atoms with E-state index in [0.29, 0.717) is 13.0 Å². The Hall–Kier alpha value is -0.900. The van der Waals surface area contributed by atoms with E-state index in [4.69, 9.17) is 0 Å². The largest absolute Gasteiger partial charge is 0.303 e. The predicted octanol–water partition coefficient (Wildman–Crippen LogP) is 3.70. The molecule has 2 aliphatic rings. The van der Waals surface area contributed by atoms with Gasteiger partial charge >= 0.3 is 0 Å². The third-order valence-electron chi connectivity index (χ3n) is 6.43. The van der Waals surface area contributed by atoms with Crippen molar-refractivity contribution in [1.29, 1.82) is 0 Å². The summed E-state index contributed by atoms with van der Waals surface area (Å²) in [5.74, 6) is -0.00895. The second-order valence-electron chi connectivity index (χ2n) is 9.38. The van der Waals surface area contributed by atoms with E-state index in [-0.39, 0.29) is 28.6 Å². The molecule has 138 valence electrons. The number of imide groups is 1. The Bertz CT molecular complexity index is 461. The van der Waals surface area contributed by atoms with Gasteiger partial charge in [-0.25, -0.2) is 0 Å². The molecular formula is C20H36N2O2. The van der Waals surface area contributed by atoms with E-state index in [1.165, 1.54) is 37.4 Å². The Morgan fingerprint density at radius 2 is 1.58 bits per heavy atom. The molecule has 0 N–H and O–H groups in total. The minimum Gasteiger partial charge on any atom is -0.303 e. The summed E-state index contributed by atoms with van der Waals surface area (Å²) in [6, 6.07) is 0. The average Bonchev–Trinajstić information content (AvgIpc) is 2.65. The van der Waals surface area contributed by atoms with Gasteiger partial charge < -0.3 is 4.90 Å². The van der Waals surface area contributed by atoms with Gasteiger partial charge in [-0.05, 0) is 56.1 Å². The van der Waals surface area contributed by atoms with Crippen LogP contribution in [0.3, 0.4) is 0 Å². The van der Waals surface area contributed by atoms with Crippen LogP contribution in [0.5, 0.6) is 0 Å². The lowest BCUT2D eigenvalue weighted by atomic mass is 9.65. The van der Waals surface area contributed by atoms with Crippen LogP contribution < -0.4 is 0 Å². The fourth-order valence-electron chi connectivity index (χ4n) is 3.46. The highest BCUT2D eigenvalue weighted by Gasteiger charge is 2.43. The number of nitrogens with zero attached hydrogens (tertiary/aromatic N) is 2. The molecule has 0 aliphatic carbocycles. The fraction of sp³-hybridized carbons (Fsp3) is 0.900.